The van der Waals surface area contributed by atoms with Crippen molar-refractivity contribution in [1.82, 2.24) is 5.43 Å². The number of fused-ring (bicyclic) bond motifs is 2. The fourth-order valence-corrected chi connectivity index (χ4v) is 4.52. The Kier molecular flexibility index (Phi) is 5.10. The molecule has 0 fully saturated rings. The summed E-state index contributed by atoms with van der Waals surface area (Å²) in [5.41, 5.74) is 8.27. The van der Waals surface area contributed by atoms with Crippen molar-refractivity contribution >= 4 is 28.6 Å². The van der Waals surface area contributed by atoms with Crippen molar-refractivity contribution in [2.45, 2.75) is 45.6 Å². The van der Waals surface area contributed by atoms with Crippen molar-refractivity contribution in [3.8, 4) is 0 Å². The van der Waals surface area contributed by atoms with Gasteiger partial charge in [-0.25, -0.2) is 5.43 Å². The number of nitrogens with one attached hydrogen (secondary N) is 1. The maximum atomic E-state index is 12.7. The Balaban J connectivity index is 1.58. The molecule has 1 atom stereocenters. The van der Waals surface area contributed by atoms with Crippen LogP contribution in [0.1, 0.15) is 60.2 Å². The molecule has 0 spiro atoms. The second kappa shape index (κ2) is 7.60. The fourth-order valence-electron chi connectivity index (χ4n) is 4.52. The lowest BCUT2D eigenvalue weighted by Gasteiger charge is -2.45. The molecule has 4 rings (SSSR count). The Hall–Kier alpha value is -3.14. The normalized spacial score (nSPS) is 17.9. The van der Waals surface area contributed by atoms with Gasteiger partial charge in [-0.05, 0) is 78.8 Å². The van der Waals surface area contributed by atoms with Gasteiger partial charge in [-0.2, -0.15) is 5.10 Å². The summed E-state index contributed by atoms with van der Waals surface area (Å²) < 4.78 is 0. The first kappa shape index (κ1) is 20.1. The lowest BCUT2D eigenvalue weighted by molar-refractivity contribution is 0.0957. The van der Waals surface area contributed by atoms with Gasteiger partial charge in [0.1, 0.15) is 0 Å². The molecule has 1 aliphatic rings. The smallest absolute Gasteiger partial charge is 0.271 e. The molecule has 3 aromatic carbocycles. The van der Waals surface area contributed by atoms with Gasteiger partial charge in [0.05, 0.1) is 6.21 Å². The number of aryl methyl sites for hydroxylation is 1. The molecule has 0 radical (unpaired) electrons. The number of carbonyl (C=O) groups is 1. The Labute approximate surface area is 178 Å². The van der Waals surface area contributed by atoms with Crippen molar-refractivity contribution in [2.75, 3.05) is 11.9 Å². The van der Waals surface area contributed by atoms with E-state index >= 15 is 0 Å². The van der Waals surface area contributed by atoms with Crippen LogP contribution in [0.5, 0.6) is 0 Å². The molecule has 4 nitrogen and oxygen atoms in total. The predicted molar refractivity (Wildman–Crippen MR) is 126 cm³/mol. The Morgan fingerprint density at radius 2 is 1.90 bits per heavy atom. The summed E-state index contributed by atoms with van der Waals surface area (Å²) in [4.78, 5) is 15.1. The van der Waals surface area contributed by atoms with E-state index in [1.807, 2.05) is 42.5 Å². The van der Waals surface area contributed by atoms with Crippen molar-refractivity contribution < 1.29 is 4.79 Å². The minimum atomic E-state index is -0.200. The first-order valence-electron chi connectivity index (χ1n) is 10.5. The molecule has 0 aromatic heterocycles. The molecule has 154 valence electrons. The minimum absolute atomic E-state index is 0.140. The van der Waals surface area contributed by atoms with Gasteiger partial charge in [0.15, 0.2) is 0 Å². The average molecular weight is 400 g/mol. The van der Waals surface area contributed by atoms with Crippen molar-refractivity contribution in [2.24, 2.45) is 5.10 Å². The molecule has 0 unspecified atom stereocenters. The number of carbonyl (C=O) groups excluding carboxylic acids is 1. The number of hydrazone groups is 1. The van der Waals surface area contributed by atoms with Crippen LogP contribution in [0.2, 0.25) is 0 Å². The Morgan fingerprint density at radius 1 is 1.17 bits per heavy atom. The van der Waals surface area contributed by atoms with Crippen molar-refractivity contribution in [3.05, 3.63) is 76.9 Å². The Bertz CT molecular complexity index is 1140. The van der Waals surface area contributed by atoms with Gasteiger partial charge in [-0.15, -0.1) is 0 Å². The van der Waals surface area contributed by atoms with Gasteiger partial charge in [0.2, 0.25) is 0 Å². The van der Waals surface area contributed by atoms with Crippen LogP contribution in [0.4, 0.5) is 5.69 Å². The number of nitrogens with zero attached hydrogens (tertiary/aromatic N) is 2. The largest absolute Gasteiger partial charge is 0.369 e. The second-order valence-electron chi connectivity index (χ2n) is 8.97. The number of rotatable bonds is 3. The molecule has 1 heterocycles. The van der Waals surface area contributed by atoms with E-state index in [9.17, 15) is 4.79 Å². The first-order chi connectivity index (χ1) is 14.3. The highest BCUT2D eigenvalue weighted by Crippen LogP contribution is 2.43. The highest BCUT2D eigenvalue weighted by atomic mass is 16.2. The van der Waals surface area contributed by atoms with Crippen LogP contribution in [-0.2, 0) is 0 Å². The lowest BCUT2D eigenvalue weighted by Crippen LogP contribution is -2.45. The van der Waals surface area contributed by atoms with Crippen LogP contribution >= 0.6 is 0 Å². The van der Waals surface area contributed by atoms with Crippen LogP contribution in [0.25, 0.3) is 10.8 Å². The summed E-state index contributed by atoms with van der Waals surface area (Å²) in [5.74, 6) is 0.276. The third kappa shape index (κ3) is 3.58. The predicted octanol–water partition coefficient (Wildman–Crippen LogP) is 5.63. The molecule has 1 N–H and O–H groups in total. The summed E-state index contributed by atoms with van der Waals surface area (Å²) in [6.45, 7) is 8.96. The summed E-state index contributed by atoms with van der Waals surface area (Å²) >= 11 is 0. The highest BCUT2D eigenvalue weighted by Gasteiger charge is 2.34. The molecule has 0 bridgehead atoms. The summed E-state index contributed by atoms with van der Waals surface area (Å²) in [6.07, 6.45) is 2.86. The van der Waals surface area contributed by atoms with Crippen LogP contribution in [0.15, 0.2) is 59.7 Å². The average Bonchev–Trinajstić information content (AvgIpc) is 2.72. The van der Waals surface area contributed by atoms with Crippen molar-refractivity contribution in [3.63, 3.8) is 0 Å². The number of anilines is 1. The van der Waals surface area contributed by atoms with E-state index in [1.54, 1.807) is 6.21 Å². The molecule has 30 heavy (non-hydrogen) atoms. The van der Waals surface area contributed by atoms with Crippen molar-refractivity contribution in [1.29, 1.82) is 0 Å². The van der Waals surface area contributed by atoms with Gasteiger partial charge in [0, 0.05) is 23.8 Å². The van der Waals surface area contributed by atoms with Gasteiger partial charge in [-0.1, -0.05) is 43.3 Å². The second-order valence-corrected chi connectivity index (χ2v) is 8.97. The van der Waals surface area contributed by atoms with Gasteiger partial charge in [-0.3, -0.25) is 4.79 Å². The summed E-state index contributed by atoms with van der Waals surface area (Å²) in [6, 6.07) is 18.1. The maximum Gasteiger partial charge on any atom is 0.271 e. The zero-order valence-electron chi connectivity index (χ0n) is 18.4. The summed E-state index contributed by atoms with van der Waals surface area (Å²) in [5, 5.41) is 6.24. The fraction of sp³-hybridized carbons (Fsp3) is 0.308. The molecule has 1 amide bonds. The highest BCUT2D eigenvalue weighted by molar-refractivity contribution is 6.07. The third-order valence-corrected chi connectivity index (χ3v) is 6.43. The lowest BCUT2D eigenvalue weighted by atomic mass is 9.79. The van der Waals surface area contributed by atoms with Crippen LogP contribution in [-0.4, -0.2) is 24.7 Å². The molecule has 0 aliphatic carbocycles. The van der Waals surface area contributed by atoms with E-state index in [2.05, 4.69) is 62.3 Å². The molecule has 0 saturated heterocycles. The number of benzene rings is 3. The van der Waals surface area contributed by atoms with Gasteiger partial charge >= 0.3 is 0 Å². The number of hydrogen-bond acceptors (Lipinski definition) is 3. The molecule has 4 heteroatoms. The zero-order chi connectivity index (χ0) is 21.5. The zero-order valence-corrected chi connectivity index (χ0v) is 18.4. The SMILES string of the molecule is Cc1cc2c(cc1/C=N\NC(=O)c1cccc3ccccc13)[C@H](C)CC(C)(C)N2C. The van der Waals surface area contributed by atoms with E-state index in [-0.39, 0.29) is 11.4 Å². The minimum Gasteiger partial charge on any atom is -0.369 e. The number of amides is 1. The Morgan fingerprint density at radius 3 is 2.70 bits per heavy atom. The van der Waals surface area contributed by atoms with Gasteiger partial charge in [0.25, 0.3) is 5.91 Å². The monoisotopic (exact) mass is 399 g/mol. The van der Waals surface area contributed by atoms with Crippen LogP contribution in [0, 0.1) is 6.92 Å². The summed E-state index contributed by atoms with van der Waals surface area (Å²) in [7, 11) is 2.17. The van der Waals surface area contributed by atoms with Crippen LogP contribution in [0.3, 0.4) is 0 Å². The van der Waals surface area contributed by atoms with Crippen LogP contribution < -0.4 is 10.3 Å². The standard InChI is InChI=1S/C26H29N3O/c1-17-13-24-23(18(2)15-26(3,4)29(24)5)14-20(17)16-27-28-25(30)22-12-8-10-19-9-6-7-11-21(19)22/h6-14,16,18H,15H2,1-5H3,(H,28,30)/b27-16-/t18-/m1/s1. The van der Waals surface area contributed by atoms with E-state index in [0.29, 0.717) is 11.5 Å². The van der Waals surface area contributed by atoms with Gasteiger partial charge < -0.3 is 4.90 Å². The van der Waals surface area contributed by atoms with E-state index in [0.717, 1.165) is 28.3 Å². The molecular formula is C26H29N3O. The molecule has 0 saturated carbocycles. The first-order valence-corrected chi connectivity index (χ1v) is 10.5. The number of hydrogen-bond donors (Lipinski definition) is 1. The topological polar surface area (TPSA) is 44.7 Å². The van der Waals surface area contributed by atoms with E-state index in [4.69, 9.17) is 0 Å². The molecule has 3 aromatic rings. The molecular weight excluding hydrogens is 370 g/mol. The quantitative estimate of drug-likeness (QED) is 0.458. The molecule has 1 aliphatic heterocycles. The maximum absolute atomic E-state index is 12.7. The third-order valence-electron chi connectivity index (χ3n) is 6.43. The van der Waals surface area contributed by atoms with E-state index in [1.165, 1.54) is 11.3 Å². The van der Waals surface area contributed by atoms with E-state index < -0.39 is 0 Å².